The number of hydrogen-bond donors (Lipinski definition) is 1. The summed E-state index contributed by atoms with van der Waals surface area (Å²) in [6.45, 7) is 8.38. The summed E-state index contributed by atoms with van der Waals surface area (Å²) in [5.74, 6) is 0. The summed E-state index contributed by atoms with van der Waals surface area (Å²) < 4.78 is 0. The van der Waals surface area contributed by atoms with Crippen LogP contribution in [0.25, 0.3) is 0 Å². The van der Waals surface area contributed by atoms with Gasteiger partial charge in [0.15, 0.2) is 5.11 Å². The zero-order chi connectivity index (χ0) is 12.8. The van der Waals surface area contributed by atoms with E-state index in [9.17, 15) is 0 Å². The van der Waals surface area contributed by atoms with Crippen molar-refractivity contribution in [3.8, 4) is 0 Å². The summed E-state index contributed by atoms with van der Waals surface area (Å²) in [7, 11) is 0. The van der Waals surface area contributed by atoms with Gasteiger partial charge in [0, 0.05) is 38.4 Å². The molecule has 0 atom stereocenters. The molecule has 4 heteroatoms. The Morgan fingerprint density at radius 3 is 2.50 bits per heavy atom. The van der Waals surface area contributed by atoms with Crippen LogP contribution in [0.15, 0.2) is 43.0 Å². The molecule has 3 nitrogen and oxygen atoms in total. The highest BCUT2D eigenvalue weighted by Crippen LogP contribution is 2.15. The SMILES string of the molecule is C=CCNC(=S)N1CCN(c2ccccc2)CC1. The second-order valence-corrected chi connectivity index (χ2v) is 4.67. The Kier molecular flexibility index (Phi) is 4.59. The average molecular weight is 261 g/mol. The van der Waals surface area contributed by atoms with Crippen molar-refractivity contribution in [2.75, 3.05) is 37.6 Å². The van der Waals surface area contributed by atoms with E-state index in [1.54, 1.807) is 0 Å². The maximum Gasteiger partial charge on any atom is 0.169 e. The van der Waals surface area contributed by atoms with Crippen molar-refractivity contribution in [2.24, 2.45) is 0 Å². The van der Waals surface area contributed by atoms with Gasteiger partial charge in [0.2, 0.25) is 0 Å². The summed E-state index contributed by atoms with van der Waals surface area (Å²) >= 11 is 5.34. The van der Waals surface area contributed by atoms with Gasteiger partial charge in [0.1, 0.15) is 0 Å². The van der Waals surface area contributed by atoms with E-state index in [4.69, 9.17) is 12.2 Å². The number of para-hydroxylation sites is 1. The number of piperazine rings is 1. The Labute approximate surface area is 114 Å². The minimum absolute atomic E-state index is 0.734. The lowest BCUT2D eigenvalue weighted by Crippen LogP contribution is -2.51. The summed E-state index contributed by atoms with van der Waals surface area (Å²) in [5.41, 5.74) is 1.29. The maximum absolute atomic E-state index is 5.34. The molecule has 0 aromatic heterocycles. The highest BCUT2D eigenvalue weighted by atomic mass is 32.1. The van der Waals surface area contributed by atoms with Gasteiger partial charge in [-0.3, -0.25) is 0 Å². The predicted octanol–water partition coefficient (Wildman–Crippen LogP) is 1.87. The van der Waals surface area contributed by atoms with Crippen LogP contribution in [0, 0.1) is 0 Å². The number of nitrogens with zero attached hydrogens (tertiary/aromatic N) is 2. The van der Waals surface area contributed by atoms with Crippen LogP contribution >= 0.6 is 12.2 Å². The Bertz CT molecular complexity index is 397. The summed E-state index contributed by atoms with van der Waals surface area (Å²) in [6, 6.07) is 10.5. The molecule has 96 valence electrons. The third kappa shape index (κ3) is 3.23. The third-order valence-electron chi connectivity index (χ3n) is 3.09. The lowest BCUT2D eigenvalue weighted by molar-refractivity contribution is 0.381. The molecule has 0 bridgehead atoms. The number of hydrogen-bond acceptors (Lipinski definition) is 2. The smallest absolute Gasteiger partial charge is 0.169 e. The first-order valence-electron chi connectivity index (χ1n) is 6.25. The fraction of sp³-hybridized carbons (Fsp3) is 0.357. The van der Waals surface area contributed by atoms with Crippen molar-refractivity contribution in [3.63, 3.8) is 0 Å². The quantitative estimate of drug-likeness (QED) is 0.661. The first kappa shape index (κ1) is 12.9. The molecule has 0 aliphatic carbocycles. The predicted molar refractivity (Wildman–Crippen MR) is 81.0 cm³/mol. The number of rotatable bonds is 3. The van der Waals surface area contributed by atoms with Crippen LogP contribution in [-0.4, -0.2) is 42.7 Å². The number of anilines is 1. The van der Waals surface area contributed by atoms with E-state index in [1.165, 1.54) is 5.69 Å². The van der Waals surface area contributed by atoms with E-state index >= 15 is 0 Å². The lowest BCUT2D eigenvalue weighted by Gasteiger charge is -2.37. The summed E-state index contributed by atoms with van der Waals surface area (Å²) in [5, 5.41) is 4.01. The topological polar surface area (TPSA) is 18.5 Å². The van der Waals surface area contributed by atoms with Gasteiger partial charge in [-0.15, -0.1) is 6.58 Å². The molecule has 1 aromatic rings. The van der Waals surface area contributed by atoms with Crippen molar-refractivity contribution in [1.82, 2.24) is 10.2 Å². The number of nitrogens with one attached hydrogen (secondary N) is 1. The van der Waals surface area contributed by atoms with Crippen LogP contribution in [0.2, 0.25) is 0 Å². The zero-order valence-electron chi connectivity index (χ0n) is 10.5. The minimum Gasteiger partial charge on any atom is -0.368 e. The van der Waals surface area contributed by atoms with Crippen molar-refractivity contribution in [2.45, 2.75) is 0 Å². The van der Waals surface area contributed by atoms with Crippen molar-refractivity contribution in [3.05, 3.63) is 43.0 Å². The molecule has 0 radical (unpaired) electrons. The minimum atomic E-state index is 0.734. The highest BCUT2D eigenvalue weighted by molar-refractivity contribution is 7.80. The second-order valence-electron chi connectivity index (χ2n) is 4.28. The Balaban J connectivity index is 1.84. The van der Waals surface area contributed by atoms with Crippen molar-refractivity contribution in [1.29, 1.82) is 0 Å². The average Bonchev–Trinajstić information content (AvgIpc) is 2.46. The largest absolute Gasteiger partial charge is 0.368 e. The standard InChI is InChI=1S/C14H19N3S/c1-2-8-15-14(18)17-11-9-16(10-12-17)13-6-4-3-5-7-13/h2-7H,1,8-12H2,(H,15,18). The molecule has 1 fully saturated rings. The summed E-state index contributed by atoms with van der Waals surface area (Å²) in [4.78, 5) is 4.62. The molecule has 1 saturated heterocycles. The molecule has 1 aliphatic heterocycles. The van der Waals surface area contributed by atoms with E-state index in [0.717, 1.165) is 37.8 Å². The van der Waals surface area contributed by atoms with E-state index in [0.29, 0.717) is 0 Å². The fourth-order valence-electron chi connectivity index (χ4n) is 2.08. The number of benzene rings is 1. The Morgan fingerprint density at radius 1 is 1.22 bits per heavy atom. The van der Waals surface area contributed by atoms with Crippen LogP contribution in [0.3, 0.4) is 0 Å². The normalized spacial score (nSPS) is 15.3. The van der Waals surface area contributed by atoms with Crippen molar-refractivity contribution >= 4 is 23.0 Å². The van der Waals surface area contributed by atoms with Gasteiger partial charge in [0.25, 0.3) is 0 Å². The van der Waals surface area contributed by atoms with Crippen LogP contribution in [0.1, 0.15) is 0 Å². The molecule has 0 amide bonds. The van der Waals surface area contributed by atoms with Gasteiger partial charge in [-0.2, -0.15) is 0 Å². The van der Waals surface area contributed by atoms with Gasteiger partial charge in [-0.1, -0.05) is 24.3 Å². The monoisotopic (exact) mass is 261 g/mol. The van der Waals surface area contributed by atoms with Crippen LogP contribution in [0.4, 0.5) is 5.69 Å². The van der Waals surface area contributed by atoms with E-state index in [1.807, 2.05) is 12.1 Å². The fourth-order valence-corrected chi connectivity index (χ4v) is 2.34. The van der Waals surface area contributed by atoms with Crippen molar-refractivity contribution < 1.29 is 0 Å². The summed E-state index contributed by atoms with van der Waals surface area (Å²) in [6.07, 6.45) is 1.83. The van der Waals surface area contributed by atoms with Crippen LogP contribution < -0.4 is 10.2 Å². The Morgan fingerprint density at radius 2 is 1.89 bits per heavy atom. The molecular formula is C14H19N3S. The molecule has 1 aromatic carbocycles. The van der Waals surface area contributed by atoms with Crippen LogP contribution in [0.5, 0.6) is 0 Å². The van der Waals surface area contributed by atoms with Gasteiger partial charge in [-0.25, -0.2) is 0 Å². The molecule has 2 rings (SSSR count). The van der Waals surface area contributed by atoms with E-state index in [2.05, 4.69) is 46.0 Å². The molecule has 18 heavy (non-hydrogen) atoms. The third-order valence-corrected chi connectivity index (χ3v) is 3.49. The molecule has 0 saturated carbocycles. The zero-order valence-corrected chi connectivity index (χ0v) is 11.3. The van der Waals surface area contributed by atoms with Gasteiger partial charge in [0.05, 0.1) is 0 Å². The lowest BCUT2D eigenvalue weighted by atomic mass is 10.2. The highest BCUT2D eigenvalue weighted by Gasteiger charge is 2.18. The molecule has 0 spiro atoms. The van der Waals surface area contributed by atoms with E-state index in [-0.39, 0.29) is 0 Å². The van der Waals surface area contributed by atoms with Gasteiger partial charge < -0.3 is 15.1 Å². The molecule has 0 unspecified atom stereocenters. The number of thiocarbonyl (C=S) groups is 1. The van der Waals surface area contributed by atoms with Gasteiger partial charge >= 0.3 is 0 Å². The first-order chi connectivity index (χ1) is 8.81. The van der Waals surface area contributed by atoms with Crippen LogP contribution in [-0.2, 0) is 0 Å². The molecule has 1 N–H and O–H groups in total. The second kappa shape index (κ2) is 6.40. The maximum atomic E-state index is 5.34. The van der Waals surface area contributed by atoms with E-state index < -0.39 is 0 Å². The Hall–Kier alpha value is -1.55. The molecular weight excluding hydrogens is 242 g/mol. The van der Waals surface area contributed by atoms with Gasteiger partial charge in [-0.05, 0) is 24.4 Å². The molecule has 1 aliphatic rings. The molecule has 1 heterocycles. The first-order valence-corrected chi connectivity index (χ1v) is 6.66.